The van der Waals surface area contributed by atoms with Crippen molar-refractivity contribution >= 4 is 22.9 Å². The van der Waals surface area contributed by atoms with Gasteiger partial charge in [-0.25, -0.2) is 14.8 Å². The molecule has 0 unspecified atom stereocenters. The largest absolute Gasteiger partial charge is 0.450 e. The number of nitrogens with zero attached hydrogens (tertiary/aromatic N) is 6. The Bertz CT molecular complexity index is 733. The third-order valence-corrected chi connectivity index (χ3v) is 4.05. The molecule has 0 atom stereocenters. The molecule has 1 saturated heterocycles. The molecule has 1 amide bonds. The van der Waals surface area contributed by atoms with Gasteiger partial charge < -0.3 is 14.5 Å². The molecule has 1 aliphatic rings. The van der Waals surface area contributed by atoms with E-state index >= 15 is 0 Å². The number of hydrogen-bond acceptors (Lipinski definition) is 6. The summed E-state index contributed by atoms with van der Waals surface area (Å²) in [5.74, 6) is 1.62. The second kappa shape index (κ2) is 6.02. The maximum Gasteiger partial charge on any atom is 0.409 e. The van der Waals surface area contributed by atoms with Gasteiger partial charge in [0.1, 0.15) is 16.9 Å². The van der Waals surface area contributed by atoms with Crippen LogP contribution in [0.15, 0.2) is 0 Å². The number of carbonyl (C=O) groups is 1. The van der Waals surface area contributed by atoms with Crippen LogP contribution in [0.4, 0.5) is 10.6 Å². The maximum absolute atomic E-state index is 11.8. The fourth-order valence-corrected chi connectivity index (χ4v) is 2.96. The summed E-state index contributed by atoms with van der Waals surface area (Å²) in [4.78, 5) is 24.9. The van der Waals surface area contributed by atoms with Crippen LogP contribution >= 0.6 is 0 Å². The van der Waals surface area contributed by atoms with Crippen molar-refractivity contribution in [1.29, 1.82) is 0 Å². The van der Waals surface area contributed by atoms with Crippen molar-refractivity contribution in [3.05, 3.63) is 11.5 Å². The van der Waals surface area contributed by atoms with E-state index in [0.717, 1.165) is 28.4 Å². The van der Waals surface area contributed by atoms with Crippen LogP contribution in [-0.4, -0.2) is 63.5 Å². The Hall–Kier alpha value is -2.38. The molecule has 23 heavy (non-hydrogen) atoms. The van der Waals surface area contributed by atoms with Crippen molar-refractivity contribution in [2.24, 2.45) is 7.05 Å². The smallest absolute Gasteiger partial charge is 0.409 e. The highest BCUT2D eigenvalue weighted by Crippen LogP contribution is 2.26. The Kier molecular flexibility index (Phi) is 4.06. The van der Waals surface area contributed by atoms with Crippen molar-refractivity contribution in [2.75, 3.05) is 37.7 Å². The topological polar surface area (TPSA) is 76.4 Å². The van der Waals surface area contributed by atoms with E-state index in [-0.39, 0.29) is 6.09 Å². The van der Waals surface area contributed by atoms with E-state index in [1.165, 1.54) is 0 Å². The lowest BCUT2D eigenvalue weighted by atomic mass is 10.3. The van der Waals surface area contributed by atoms with Crippen molar-refractivity contribution in [2.45, 2.75) is 20.8 Å². The number of ether oxygens (including phenoxy) is 1. The first-order valence-electron chi connectivity index (χ1n) is 7.86. The zero-order chi connectivity index (χ0) is 16.6. The lowest BCUT2D eigenvalue weighted by Crippen LogP contribution is -2.49. The molecule has 0 bridgehead atoms. The van der Waals surface area contributed by atoms with Gasteiger partial charge in [0.05, 0.1) is 12.3 Å². The summed E-state index contributed by atoms with van der Waals surface area (Å²) in [6.45, 7) is 8.75. The summed E-state index contributed by atoms with van der Waals surface area (Å²) in [6, 6.07) is 0. The van der Waals surface area contributed by atoms with Crippen LogP contribution in [-0.2, 0) is 11.8 Å². The third-order valence-electron chi connectivity index (χ3n) is 4.05. The van der Waals surface area contributed by atoms with Gasteiger partial charge in [0.2, 0.25) is 0 Å². The first kappa shape index (κ1) is 15.5. The number of anilines is 1. The Balaban J connectivity index is 1.86. The molecule has 1 aliphatic heterocycles. The van der Waals surface area contributed by atoms with Gasteiger partial charge in [-0.15, -0.1) is 0 Å². The Morgan fingerprint density at radius 2 is 1.87 bits per heavy atom. The molecule has 2 aromatic heterocycles. The highest BCUT2D eigenvalue weighted by Gasteiger charge is 2.25. The van der Waals surface area contributed by atoms with Crippen LogP contribution in [0, 0.1) is 13.8 Å². The summed E-state index contributed by atoms with van der Waals surface area (Å²) in [7, 11) is 1.91. The molecule has 8 heteroatoms. The molecule has 0 spiro atoms. The van der Waals surface area contributed by atoms with Gasteiger partial charge in [0.25, 0.3) is 0 Å². The zero-order valence-electron chi connectivity index (χ0n) is 14.0. The monoisotopic (exact) mass is 318 g/mol. The van der Waals surface area contributed by atoms with Gasteiger partial charge in [0.15, 0.2) is 5.82 Å². The first-order chi connectivity index (χ1) is 11.0. The number of fused-ring (bicyclic) bond motifs is 1. The number of rotatable bonds is 2. The van der Waals surface area contributed by atoms with Gasteiger partial charge >= 0.3 is 6.09 Å². The predicted molar refractivity (Wildman–Crippen MR) is 86.6 cm³/mol. The van der Waals surface area contributed by atoms with Crippen molar-refractivity contribution in [3.8, 4) is 0 Å². The fourth-order valence-electron chi connectivity index (χ4n) is 2.96. The molecule has 8 nitrogen and oxygen atoms in total. The van der Waals surface area contributed by atoms with Crippen LogP contribution in [0.1, 0.15) is 18.4 Å². The summed E-state index contributed by atoms with van der Waals surface area (Å²) in [5.41, 5.74) is 2.74. The molecule has 0 saturated carbocycles. The number of carbonyl (C=O) groups excluding carboxylic acids is 1. The Morgan fingerprint density at radius 3 is 2.52 bits per heavy atom. The summed E-state index contributed by atoms with van der Waals surface area (Å²) >= 11 is 0. The lowest BCUT2D eigenvalue weighted by Gasteiger charge is -2.35. The van der Waals surface area contributed by atoms with E-state index in [0.29, 0.717) is 32.8 Å². The van der Waals surface area contributed by atoms with E-state index in [2.05, 4.69) is 20.0 Å². The molecule has 3 rings (SSSR count). The quantitative estimate of drug-likeness (QED) is 0.830. The van der Waals surface area contributed by atoms with E-state index in [1.54, 1.807) is 4.90 Å². The second-order valence-electron chi connectivity index (χ2n) is 5.67. The fraction of sp³-hybridized carbons (Fsp3) is 0.600. The normalized spacial score (nSPS) is 15.3. The molecule has 0 aliphatic carbocycles. The van der Waals surface area contributed by atoms with E-state index < -0.39 is 0 Å². The van der Waals surface area contributed by atoms with Gasteiger partial charge in [-0.2, -0.15) is 5.10 Å². The number of amides is 1. The van der Waals surface area contributed by atoms with Crippen LogP contribution in [0.5, 0.6) is 0 Å². The molecule has 0 aromatic carbocycles. The zero-order valence-corrected chi connectivity index (χ0v) is 14.0. The number of hydrogen-bond donors (Lipinski definition) is 0. The van der Waals surface area contributed by atoms with E-state index in [1.807, 2.05) is 32.5 Å². The molecular formula is C15H22N6O2. The average Bonchev–Trinajstić information content (AvgIpc) is 2.81. The molecule has 124 valence electrons. The van der Waals surface area contributed by atoms with Gasteiger partial charge in [-0.05, 0) is 20.8 Å². The van der Waals surface area contributed by atoms with E-state index in [9.17, 15) is 4.79 Å². The summed E-state index contributed by atoms with van der Waals surface area (Å²) < 4.78 is 6.89. The molecular weight excluding hydrogens is 296 g/mol. The first-order valence-corrected chi connectivity index (χ1v) is 7.86. The molecule has 3 heterocycles. The highest BCUT2D eigenvalue weighted by atomic mass is 16.6. The molecule has 2 aromatic rings. The number of aryl methyl sites for hydroxylation is 3. The van der Waals surface area contributed by atoms with Gasteiger partial charge in [-0.3, -0.25) is 4.68 Å². The maximum atomic E-state index is 11.8. The van der Waals surface area contributed by atoms with Crippen molar-refractivity contribution < 1.29 is 9.53 Å². The number of aromatic nitrogens is 4. The predicted octanol–water partition coefficient (Wildman–Crippen LogP) is 1.26. The lowest BCUT2D eigenvalue weighted by molar-refractivity contribution is 0.105. The standard InChI is InChI=1S/C15H22N6O2/c1-5-23-15(22)21-8-6-20(7-9-21)14-13-12(16-11(3)17-14)10(2)18-19(13)4/h5-9H2,1-4H3. The van der Waals surface area contributed by atoms with Crippen molar-refractivity contribution in [3.63, 3.8) is 0 Å². The molecule has 0 radical (unpaired) electrons. The molecule has 0 N–H and O–H groups in total. The number of piperazine rings is 1. The minimum Gasteiger partial charge on any atom is -0.450 e. The Labute approximate surface area is 135 Å². The SMILES string of the molecule is CCOC(=O)N1CCN(c2nc(C)nc3c(C)nn(C)c23)CC1. The summed E-state index contributed by atoms with van der Waals surface area (Å²) in [6.07, 6.45) is -0.243. The minimum absolute atomic E-state index is 0.243. The molecule has 1 fully saturated rings. The minimum atomic E-state index is -0.243. The third kappa shape index (κ3) is 2.80. The highest BCUT2D eigenvalue weighted by molar-refractivity contribution is 5.88. The average molecular weight is 318 g/mol. The summed E-state index contributed by atoms with van der Waals surface area (Å²) in [5, 5.41) is 4.46. The van der Waals surface area contributed by atoms with Crippen LogP contribution in [0.3, 0.4) is 0 Å². The van der Waals surface area contributed by atoms with Crippen LogP contribution in [0.2, 0.25) is 0 Å². The van der Waals surface area contributed by atoms with Crippen LogP contribution < -0.4 is 4.90 Å². The van der Waals surface area contributed by atoms with Gasteiger partial charge in [0, 0.05) is 33.2 Å². The second-order valence-corrected chi connectivity index (χ2v) is 5.67. The van der Waals surface area contributed by atoms with Crippen molar-refractivity contribution in [1.82, 2.24) is 24.6 Å². The van der Waals surface area contributed by atoms with Crippen LogP contribution in [0.25, 0.3) is 11.0 Å². The van der Waals surface area contributed by atoms with E-state index in [4.69, 9.17) is 4.74 Å². The van der Waals surface area contributed by atoms with Gasteiger partial charge in [-0.1, -0.05) is 0 Å². The Morgan fingerprint density at radius 1 is 1.17 bits per heavy atom.